The zero-order valence-corrected chi connectivity index (χ0v) is 38.2. The lowest BCUT2D eigenvalue weighted by molar-refractivity contribution is 0.122. The van der Waals surface area contributed by atoms with Crippen molar-refractivity contribution < 1.29 is 39.8 Å². The fraction of sp³-hybridized carbons (Fsp3) is 0.917. The first-order chi connectivity index (χ1) is 26.1. The summed E-state index contributed by atoms with van der Waals surface area (Å²) in [5.74, 6) is 0. The van der Waals surface area contributed by atoms with Crippen LogP contribution in [0, 0.1) is 0 Å². The van der Waals surface area contributed by atoms with E-state index in [9.17, 15) is 14.4 Å². The molecule has 0 bridgehead atoms. The zero-order valence-electron chi connectivity index (χ0n) is 35.2. The van der Waals surface area contributed by atoms with Crippen LogP contribution in [0.1, 0.15) is 116 Å². The summed E-state index contributed by atoms with van der Waals surface area (Å²) >= 11 is 0. The molecule has 318 valence electrons. The molecule has 0 radical (unpaired) electrons. The molecule has 0 fully saturated rings. The molecular formula is C36H75N3O12Si3. The van der Waals surface area contributed by atoms with Crippen molar-refractivity contribution in [2.24, 2.45) is 0 Å². The minimum Gasteiger partial charge on any atom is -0.377 e. The summed E-state index contributed by atoms with van der Waals surface area (Å²) in [6.07, 6.45) is 16.7. The molecule has 0 unspecified atom stereocenters. The van der Waals surface area contributed by atoms with Gasteiger partial charge < -0.3 is 39.8 Å². The number of nitrogens with zero attached hydrogens (tertiary/aromatic N) is 3. The molecule has 1 aromatic heterocycles. The monoisotopic (exact) mass is 825 g/mol. The highest BCUT2D eigenvalue weighted by Gasteiger charge is 2.38. The summed E-state index contributed by atoms with van der Waals surface area (Å²) < 4.78 is 53.4. The summed E-state index contributed by atoms with van der Waals surface area (Å²) in [6, 6.07) is 2.31. The molecule has 0 spiro atoms. The average Bonchev–Trinajstić information content (AvgIpc) is 3.20. The smallest absolute Gasteiger partial charge is 0.377 e. The van der Waals surface area contributed by atoms with Crippen molar-refractivity contribution in [3.8, 4) is 0 Å². The Hall–Kier alpha value is -1.30. The van der Waals surface area contributed by atoms with Gasteiger partial charge in [0.15, 0.2) is 0 Å². The highest BCUT2D eigenvalue weighted by atomic mass is 28.4. The Labute approximate surface area is 328 Å². The molecule has 1 aromatic rings. The molecule has 0 amide bonds. The van der Waals surface area contributed by atoms with Crippen molar-refractivity contribution in [3.63, 3.8) is 0 Å². The van der Waals surface area contributed by atoms with Crippen molar-refractivity contribution >= 4 is 26.4 Å². The third-order valence-corrected chi connectivity index (χ3v) is 19.0. The molecule has 18 heteroatoms. The minimum atomic E-state index is -2.55. The third kappa shape index (κ3) is 17.1. The molecule has 0 aliphatic rings. The van der Waals surface area contributed by atoms with Gasteiger partial charge in [0, 0.05) is 102 Å². The van der Waals surface area contributed by atoms with E-state index in [0.29, 0.717) is 38.9 Å². The molecular weight excluding hydrogens is 751 g/mol. The Balaban J connectivity index is 2.80. The quantitative estimate of drug-likeness (QED) is 0.0593. The summed E-state index contributed by atoms with van der Waals surface area (Å²) in [6.45, 7) is 0.903. The van der Waals surface area contributed by atoms with Gasteiger partial charge in [-0.25, -0.2) is 28.1 Å². The van der Waals surface area contributed by atoms with Crippen LogP contribution in [-0.4, -0.2) is 104 Å². The Morgan fingerprint density at radius 3 is 0.648 bits per heavy atom. The Morgan fingerprint density at radius 2 is 0.463 bits per heavy atom. The maximum Gasteiger partial charge on any atom is 0.500 e. The predicted octanol–water partition coefficient (Wildman–Crippen LogP) is 5.83. The first kappa shape index (κ1) is 50.7. The van der Waals surface area contributed by atoms with Gasteiger partial charge in [0.05, 0.1) is 0 Å². The maximum atomic E-state index is 13.6. The highest BCUT2D eigenvalue weighted by Crippen LogP contribution is 2.20. The van der Waals surface area contributed by atoms with Crippen LogP contribution in [0.2, 0.25) is 18.1 Å². The van der Waals surface area contributed by atoms with Gasteiger partial charge in [0.25, 0.3) is 0 Å². The lowest BCUT2D eigenvalue weighted by Gasteiger charge is -2.24. The van der Waals surface area contributed by atoms with Gasteiger partial charge in [0.2, 0.25) is 0 Å². The first-order valence-electron chi connectivity index (χ1n) is 20.0. The summed E-state index contributed by atoms with van der Waals surface area (Å²) in [5.41, 5.74) is -1.49. The third-order valence-electron chi connectivity index (χ3n) is 10.5. The molecule has 1 heterocycles. The molecule has 0 aliphatic carbocycles. The standard InChI is InChI=1S/C36H75N3O12Si3/c1-43-52(44-2,45-3)31-25-19-13-10-16-22-28-37-34(40)38(29-23-17-11-14-20-26-32-53(46-4,47-5)48-6)36(42)39(35(37)41)30-24-18-12-15-21-27-33-54(49-7,50-8)51-9/h10-33H2,1-9H3. The highest BCUT2D eigenvalue weighted by molar-refractivity contribution is 6.61. The van der Waals surface area contributed by atoms with Crippen LogP contribution in [0.4, 0.5) is 0 Å². The zero-order chi connectivity index (χ0) is 40.3. The van der Waals surface area contributed by atoms with Gasteiger partial charge in [-0.1, -0.05) is 77.0 Å². The van der Waals surface area contributed by atoms with Crippen LogP contribution in [0.5, 0.6) is 0 Å². The lowest BCUT2D eigenvalue weighted by atomic mass is 10.1. The SMILES string of the molecule is CO[Si](CCCCCCCCn1c(=O)n(CCCCCCCC[Si](OC)(OC)OC)c(=O)n(CCCCCCCC[Si](OC)(OC)OC)c1=O)(OC)OC. The molecule has 0 saturated carbocycles. The summed E-state index contributed by atoms with van der Waals surface area (Å²) in [7, 11) is 7.01. The molecule has 0 saturated heterocycles. The second-order valence-corrected chi connectivity index (χ2v) is 23.1. The number of hydrogen-bond donors (Lipinski definition) is 0. The van der Waals surface area contributed by atoms with Crippen LogP contribution in [0.25, 0.3) is 0 Å². The largest absolute Gasteiger partial charge is 0.500 e. The topological polar surface area (TPSA) is 149 Å². The average molecular weight is 826 g/mol. The maximum absolute atomic E-state index is 13.6. The number of rotatable bonds is 36. The fourth-order valence-corrected chi connectivity index (χ4v) is 12.3. The van der Waals surface area contributed by atoms with Gasteiger partial charge >= 0.3 is 43.5 Å². The van der Waals surface area contributed by atoms with Gasteiger partial charge in [0.1, 0.15) is 0 Å². The minimum absolute atomic E-state index is 0.301. The summed E-state index contributed by atoms with van der Waals surface area (Å²) in [4.78, 5) is 40.7. The Kier molecular flexibility index (Phi) is 27.2. The van der Waals surface area contributed by atoms with Gasteiger partial charge in [-0.05, 0) is 38.5 Å². The van der Waals surface area contributed by atoms with E-state index in [0.717, 1.165) is 114 Å². The van der Waals surface area contributed by atoms with Crippen LogP contribution < -0.4 is 17.1 Å². The lowest BCUT2D eigenvalue weighted by Crippen LogP contribution is -2.54. The Bertz CT molecular complexity index is 1080. The van der Waals surface area contributed by atoms with Crippen molar-refractivity contribution in [1.82, 2.24) is 13.7 Å². The van der Waals surface area contributed by atoms with E-state index in [4.69, 9.17) is 39.8 Å². The van der Waals surface area contributed by atoms with Gasteiger partial charge in [-0.3, -0.25) is 0 Å². The second-order valence-electron chi connectivity index (χ2n) is 13.8. The van der Waals surface area contributed by atoms with Crippen LogP contribution in [-0.2, 0) is 59.5 Å². The van der Waals surface area contributed by atoms with Crippen LogP contribution in [0.15, 0.2) is 14.4 Å². The van der Waals surface area contributed by atoms with Crippen molar-refractivity contribution in [1.29, 1.82) is 0 Å². The van der Waals surface area contributed by atoms with E-state index in [1.807, 2.05) is 0 Å². The van der Waals surface area contributed by atoms with E-state index in [2.05, 4.69) is 0 Å². The number of unbranched alkanes of at least 4 members (excludes halogenated alkanes) is 15. The van der Waals surface area contributed by atoms with Crippen molar-refractivity contribution in [3.05, 3.63) is 31.5 Å². The van der Waals surface area contributed by atoms with E-state index in [1.165, 1.54) is 13.7 Å². The molecule has 0 N–H and O–H groups in total. The van der Waals surface area contributed by atoms with Crippen molar-refractivity contribution in [2.45, 2.75) is 153 Å². The fourth-order valence-electron chi connectivity index (χ4n) is 6.88. The molecule has 0 aromatic carbocycles. The first-order valence-corrected chi connectivity index (χ1v) is 25.8. The van der Waals surface area contributed by atoms with Crippen molar-refractivity contribution in [2.75, 3.05) is 64.0 Å². The van der Waals surface area contributed by atoms with Gasteiger partial charge in [-0.15, -0.1) is 0 Å². The molecule has 0 aliphatic heterocycles. The molecule has 15 nitrogen and oxygen atoms in total. The molecule has 1 rings (SSSR count). The van der Waals surface area contributed by atoms with E-state index in [-0.39, 0.29) is 0 Å². The summed E-state index contributed by atoms with van der Waals surface area (Å²) in [5, 5.41) is 0. The molecule has 0 atom stereocenters. The van der Waals surface area contributed by atoms with Crippen LogP contribution >= 0.6 is 0 Å². The van der Waals surface area contributed by atoms with E-state index < -0.39 is 43.5 Å². The molecule has 54 heavy (non-hydrogen) atoms. The number of aromatic nitrogens is 3. The van der Waals surface area contributed by atoms with E-state index in [1.54, 1.807) is 64.0 Å². The second kappa shape index (κ2) is 29.0. The van der Waals surface area contributed by atoms with E-state index >= 15 is 0 Å². The van der Waals surface area contributed by atoms with Gasteiger partial charge in [-0.2, -0.15) is 0 Å². The van der Waals surface area contributed by atoms with Crippen LogP contribution in [0.3, 0.4) is 0 Å². The normalized spacial score (nSPS) is 12.6. The predicted molar refractivity (Wildman–Crippen MR) is 217 cm³/mol. The number of hydrogen-bond acceptors (Lipinski definition) is 12. The Morgan fingerprint density at radius 1 is 0.296 bits per heavy atom.